The molecule has 0 aliphatic heterocycles. The van der Waals surface area contributed by atoms with Crippen LogP contribution >= 0.6 is 0 Å². The lowest BCUT2D eigenvalue weighted by Crippen LogP contribution is -2.25. The van der Waals surface area contributed by atoms with Crippen molar-refractivity contribution in [3.05, 3.63) is 46.6 Å². The van der Waals surface area contributed by atoms with E-state index in [1.165, 1.54) is 13.3 Å². The van der Waals surface area contributed by atoms with Crippen molar-refractivity contribution >= 4 is 12.1 Å². The van der Waals surface area contributed by atoms with Gasteiger partial charge < -0.3 is 18.9 Å². The van der Waals surface area contributed by atoms with E-state index < -0.39 is 5.91 Å². The maximum atomic E-state index is 12.1. The molecule has 2 rings (SSSR count). The zero-order valence-electron chi connectivity index (χ0n) is 18.1. The SMILES string of the molecule is CCOc1ccc(/C=N\NC(=O)COc2nc(C)cc(COC)c2C#N)cc1OCC. The van der Waals surface area contributed by atoms with Gasteiger partial charge in [0.2, 0.25) is 5.88 Å². The number of hydrazone groups is 1. The van der Waals surface area contributed by atoms with E-state index in [0.29, 0.717) is 36.0 Å². The van der Waals surface area contributed by atoms with Crippen LogP contribution < -0.4 is 19.6 Å². The lowest BCUT2D eigenvalue weighted by molar-refractivity contribution is -0.123. The summed E-state index contributed by atoms with van der Waals surface area (Å²) in [6.07, 6.45) is 1.48. The number of rotatable bonds is 11. The third kappa shape index (κ3) is 6.97. The van der Waals surface area contributed by atoms with Crippen LogP contribution in [-0.4, -0.2) is 44.0 Å². The Bertz CT molecular complexity index is 969. The third-order valence-corrected chi connectivity index (χ3v) is 3.92. The number of nitrogens with one attached hydrogen (secondary N) is 1. The van der Waals surface area contributed by atoms with Gasteiger partial charge >= 0.3 is 0 Å². The van der Waals surface area contributed by atoms with Gasteiger partial charge in [0.15, 0.2) is 18.1 Å². The molecule has 0 unspecified atom stereocenters. The molecule has 0 radical (unpaired) electrons. The van der Waals surface area contributed by atoms with Crippen molar-refractivity contribution in [3.8, 4) is 23.4 Å². The van der Waals surface area contributed by atoms with E-state index in [0.717, 1.165) is 5.56 Å². The number of carbonyl (C=O) groups is 1. The molecule has 0 saturated heterocycles. The molecule has 1 aromatic heterocycles. The quantitative estimate of drug-likeness (QED) is 0.434. The Kier molecular flexibility index (Phi) is 9.26. The molecule has 0 spiro atoms. The number of nitrogens with zero attached hydrogens (tertiary/aromatic N) is 3. The lowest BCUT2D eigenvalue weighted by Gasteiger charge is -2.11. The van der Waals surface area contributed by atoms with E-state index in [9.17, 15) is 10.1 Å². The maximum absolute atomic E-state index is 12.1. The van der Waals surface area contributed by atoms with Gasteiger partial charge in [0.05, 0.1) is 26.0 Å². The molecule has 0 aliphatic rings. The molecule has 9 heteroatoms. The van der Waals surface area contributed by atoms with Gasteiger partial charge in [0.25, 0.3) is 5.91 Å². The monoisotopic (exact) mass is 426 g/mol. The summed E-state index contributed by atoms with van der Waals surface area (Å²) in [4.78, 5) is 16.3. The number of hydrogen-bond donors (Lipinski definition) is 1. The molecule has 0 bridgehead atoms. The summed E-state index contributed by atoms with van der Waals surface area (Å²) >= 11 is 0. The smallest absolute Gasteiger partial charge is 0.278 e. The topological polar surface area (TPSA) is 115 Å². The van der Waals surface area contributed by atoms with E-state index in [4.69, 9.17) is 18.9 Å². The summed E-state index contributed by atoms with van der Waals surface area (Å²) in [6, 6.07) is 9.14. The summed E-state index contributed by atoms with van der Waals surface area (Å²) in [5, 5.41) is 13.3. The van der Waals surface area contributed by atoms with Crippen molar-refractivity contribution in [2.24, 2.45) is 5.10 Å². The minimum atomic E-state index is -0.493. The predicted octanol–water partition coefficient (Wildman–Crippen LogP) is 2.73. The largest absolute Gasteiger partial charge is 0.490 e. The molecular formula is C22H26N4O5. The highest BCUT2D eigenvalue weighted by Gasteiger charge is 2.14. The highest BCUT2D eigenvalue weighted by molar-refractivity contribution is 5.83. The molecule has 164 valence electrons. The van der Waals surface area contributed by atoms with Crippen LogP contribution in [0.2, 0.25) is 0 Å². The second-order valence-corrected chi connectivity index (χ2v) is 6.30. The molecule has 0 fully saturated rings. The van der Waals surface area contributed by atoms with Gasteiger partial charge in [0.1, 0.15) is 11.6 Å². The first kappa shape index (κ1) is 23.6. The standard InChI is InChI=1S/C22H26N4O5/c1-5-29-19-8-7-16(10-20(19)30-6-2)12-24-26-21(27)14-31-22-18(11-23)17(13-28-4)9-15(3)25-22/h7-10,12H,5-6,13-14H2,1-4H3,(H,26,27)/b24-12-. The number of carbonyl (C=O) groups excluding carboxylic acids is 1. The Morgan fingerprint density at radius 2 is 1.94 bits per heavy atom. The zero-order chi connectivity index (χ0) is 22.6. The molecule has 1 aromatic carbocycles. The maximum Gasteiger partial charge on any atom is 0.278 e. The fraction of sp³-hybridized carbons (Fsp3) is 0.364. The van der Waals surface area contributed by atoms with Crippen molar-refractivity contribution in [2.45, 2.75) is 27.4 Å². The van der Waals surface area contributed by atoms with Crippen molar-refractivity contribution in [2.75, 3.05) is 26.9 Å². The highest BCUT2D eigenvalue weighted by Crippen LogP contribution is 2.28. The second-order valence-electron chi connectivity index (χ2n) is 6.30. The number of pyridine rings is 1. The molecule has 0 atom stereocenters. The minimum Gasteiger partial charge on any atom is -0.490 e. The molecule has 2 aromatic rings. The summed E-state index contributed by atoms with van der Waals surface area (Å²) in [5.74, 6) is 0.837. The summed E-state index contributed by atoms with van der Waals surface area (Å²) in [5.41, 5.74) is 4.64. The number of amides is 1. The fourth-order valence-electron chi connectivity index (χ4n) is 2.70. The average molecular weight is 426 g/mol. The van der Waals surface area contributed by atoms with Crippen molar-refractivity contribution in [1.82, 2.24) is 10.4 Å². The molecule has 1 heterocycles. The van der Waals surface area contributed by atoms with Gasteiger partial charge in [0, 0.05) is 18.4 Å². The van der Waals surface area contributed by atoms with Crippen LogP contribution in [-0.2, 0) is 16.1 Å². The van der Waals surface area contributed by atoms with Gasteiger partial charge in [-0.2, -0.15) is 10.4 Å². The number of aryl methyl sites for hydroxylation is 1. The zero-order valence-corrected chi connectivity index (χ0v) is 18.1. The van der Waals surface area contributed by atoms with Crippen LogP contribution in [0.1, 0.15) is 36.2 Å². The number of benzene rings is 1. The number of ether oxygens (including phenoxy) is 4. The van der Waals surface area contributed by atoms with Crippen molar-refractivity contribution < 1.29 is 23.7 Å². The first-order chi connectivity index (χ1) is 15.0. The molecule has 1 amide bonds. The van der Waals surface area contributed by atoms with E-state index in [-0.39, 0.29) is 24.7 Å². The number of methoxy groups -OCH3 is 1. The molecule has 31 heavy (non-hydrogen) atoms. The van der Waals surface area contributed by atoms with E-state index >= 15 is 0 Å². The Morgan fingerprint density at radius 1 is 1.19 bits per heavy atom. The molecule has 0 saturated carbocycles. The highest BCUT2D eigenvalue weighted by atomic mass is 16.5. The van der Waals surface area contributed by atoms with Crippen LogP contribution in [0.25, 0.3) is 0 Å². The molecular weight excluding hydrogens is 400 g/mol. The van der Waals surface area contributed by atoms with Crippen LogP contribution in [0, 0.1) is 18.3 Å². The third-order valence-electron chi connectivity index (χ3n) is 3.92. The van der Waals surface area contributed by atoms with E-state index in [2.05, 4.69) is 15.5 Å². The normalized spacial score (nSPS) is 10.5. The number of hydrogen-bond acceptors (Lipinski definition) is 8. The summed E-state index contributed by atoms with van der Waals surface area (Å²) in [7, 11) is 1.53. The first-order valence-electron chi connectivity index (χ1n) is 9.76. The van der Waals surface area contributed by atoms with Crippen molar-refractivity contribution in [3.63, 3.8) is 0 Å². The number of nitriles is 1. The fourth-order valence-corrected chi connectivity index (χ4v) is 2.70. The Hall–Kier alpha value is -3.64. The lowest BCUT2D eigenvalue weighted by atomic mass is 10.1. The Labute approximate surface area is 181 Å². The summed E-state index contributed by atoms with van der Waals surface area (Å²) in [6.45, 7) is 6.47. The van der Waals surface area contributed by atoms with Gasteiger partial charge in [-0.3, -0.25) is 4.79 Å². The Balaban J connectivity index is 1.99. The van der Waals surface area contributed by atoms with Crippen LogP contribution in [0.4, 0.5) is 0 Å². The van der Waals surface area contributed by atoms with E-state index in [1.807, 2.05) is 19.9 Å². The van der Waals surface area contributed by atoms with Crippen LogP contribution in [0.5, 0.6) is 17.4 Å². The first-order valence-corrected chi connectivity index (χ1v) is 9.76. The van der Waals surface area contributed by atoms with Gasteiger partial charge in [-0.05, 0) is 50.6 Å². The molecule has 1 N–H and O–H groups in total. The van der Waals surface area contributed by atoms with Crippen LogP contribution in [0.15, 0.2) is 29.4 Å². The van der Waals surface area contributed by atoms with Crippen LogP contribution in [0.3, 0.4) is 0 Å². The Morgan fingerprint density at radius 3 is 2.61 bits per heavy atom. The van der Waals surface area contributed by atoms with E-state index in [1.54, 1.807) is 31.2 Å². The predicted molar refractivity (Wildman–Crippen MR) is 114 cm³/mol. The van der Waals surface area contributed by atoms with Gasteiger partial charge in [-0.15, -0.1) is 0 Å². The summed E-state index contributed by atoms with van der Waals surface area (Å²) < 4.78 is 21.6. The number of aromatic nitrogens is 1. The van der Waals surface area contributed by atoms with Crippen molar-refractivity contribution in [1.29, 1.82) is 5.26 Å². The van der Waals surface area contributed by atoms with Gasteiger partial charge in [-0.25, -0.2) is 10.4 Å². The van der Waals surface area contributed by atoms with Gasteiger partial charge in [-0.1, -0.05) is 0 Å². The molecule has 9 nitrogen and oxygen atoms in total. The molecule has 0 aliphatic carbocycles. The minimum absolute atomic E-state index is 0.0848. The second kappa shape index (κ2) is 12.1. The average Bonchev–Trinajstić information content (AvgIpc) is 2.74.